The quantitative estimate of drug-likeness (QED) is 0.751. The Morgan fingerprint density at radius 3 is 2.54 bits per heavy atom. The second-order valence-corrected chi connectivity index (χ2v) is 7.05. The molecule has 3 aromatic rings. The molecule has 4 nitrogen and oxygen atoms in total. The molecule has 24 heavy (non-hydrogen) atoms. The molecule has 0 atom stereocenters. The highest BCUT2D eigenvalue weighted by atomic mass is 79.9. The van der Waals surface area contributed by atoms with Crippen LogP contribution in [0.25, 0.3) is 5.69 Å². The number of halogens is 1. The summed E-state index contributed by atoms with van der Waals surface area (Å²) in [6, 6.07) is 18.2. The molecule has 1 N–H and O–H groups in total. The number of hydrogen-bond donors (Lipinski definition) is 1. The molecule has 0 aliphatic carbocycles. The zero-order valence-corrected chi connectivity index (χ0v) is 14.8. The van der Waals surface area contributed by atoms with Gasteiger partial charge in [0.25, 0.3) is 5.56 Å². The zero-order chi connectivity index (χ0) is 16.5. The van der Waals surface area contributed by atoms with Gasteiger partial charge in [-0.15, -0.1) is 0 Å². The Morgan fingerprint density at radius 1 is 1.04 bits per heavy atom. The molecular weight excluding hydrogens is 366 g/mol. The minimum Gasteiger partial charge on any atom is -0.295 e. The molecule has 122 valence electrons. The van der Waals surface area contributed by atoms with Gasteiger partial charge < -0.3 is 0 Å². The molecular formula is C19H18BrN3O. The lowest BCUT2D eigenvalue weighted by molar-refractivity contribution is 0.244. The lowest BCUT2D eigenvalue weighted by Crippen LogP contribution is -2.32. The minimum absolute atomic E-state index is 0.0603. The summed E-state index contributed by atoms with van der Waals surface area (Å²) < 4.78 is 2.66. The van der Waals surface area contributed by atoms with E-state index in [0.717, 1.165) is 40.9 Å². The number of benzene rings is 2. The number of fused-ring (bicyclic) bond motifs is 1. The molecule has 0 fully saturated rings. The smallest absolute Gasteiger partial charge is 0.275 e. The van der Waals surface area contributed by atoms with Crippen molar-refractivity contribution in [1.82, 2.24) is 14.7 Å². The van der Waals surface area contributed by atoms with Gasteiger partial charge in [-0.2, -0.15) is 0 Å². The van der Waals surface area contributed by atoms with Crippen molar-refractivity contribution in [2.24, 2.45) is 0 Å². The van der Waals surface area contributed by atoms with Gasteiger partial charge in [0.2, 0.25) is 0 Å². The largest absolute Gasteiger partial charge is 0.295 e. The molecule has 4 rings (SSSR count). The fourth-order valence-corrected chi connectivity index (χ4v) is 3.47. The number of hydrogen-bond acceptors (Lipinski definition) is 2. The molecule has 5 heteroatoms. The summed E-state index contributed by atoms with van der Waals surface area (Å²) in [6.45, 7) is 2.54. The van der Waals surface area contributed by atoms with E-state index in [4.69, 9.17) is 0 Å². The van der Waals surface area contributed by atoms with E-state index in [1.165, 1.54) is 5.56 Å². The molecule has 0 saturated carbocycles. The summed E-state index contributed by atoms with van der Waals surface area (Å²) in [7, 11) is 0. The lowest BCUT2D eigenvalue weighted by Gasteiger charge is -2.25. The monoisotopic (exact) mass is 383 g/mol. The van der Waals surface area contributed by atoms with E-state index in [0.29, 0.717) is 6.54 Å². The van der Waals surface area contributed by atoms with Crippen molar-refractivity contribution in [3.63, 3.8) is 0 Å². The number of rotatable bonds is 3. The third-order valence-corrected chi connectivity index (χ3v) is 4.99. The van der Waals surface area contributed by atoms with E-state index in [1.54, 1.807) is 4.68 Å². The lowest BCUT2D eigenvalue weighted by atomic mass is 10.1. The van der Waals surface area contributed by atoms with Gasteiger partial charge in [-0.3, -0.25) is 14.8 Å². The molecule has 1 aliphatic rings. The number of aromatic nitrogens is 2. The molecule has 0 saturated heterocycles. The van der Waals surface area contributed by atoms with Crippen LogP contribution in [0.15, 0.2) is 63.9 Å². The molecule has 1 aromatic heterocycles. The molecule has 0 radical (unpaired) electrons. The number of aromatic amines is 1. The predicted molar refractivity (Wildman–Crippen MR) is 98.3 cm³/mol. The third kappa shape index (κ3) is 2.97. The van der Waals surface area contributed by atoms with E-state index in [1.807, 2.05) is 30.3 Å². The molecule has 2 aromatic carbocycles. The van der Waals surface area contributed by atoms with Crippen molar-refractivity contribution in [3.8, 4) is 5.69 Å². The number of nitrogens with zero attached hydrogens (tertiary/aromatic N) is 2. The second-order valence-electron chi connectivity index (χ2n) is 6.13. The van der Waals surface area contributed by atoms with Crippen molar-refractivity contribution in [1.29, 1.82) is 0 Å². The molecule has 0 amide bonds. The molecule has 0 spiro atoms. The Labute approximate surface area is 148 Å². The van der Waals surface area contributed by atoms with Crippen LogP contribution in [-0.4, -0.2) is 21.2 Å². The predicted octanol–water partition coefficient (Wildman–Crippen LogP) is 3.49. The SMILES string of the molecule is O=c1c2c([nH]n1-c1ccc(Br)cc1)CCN(Cc1ccccc1)C2. The van der Waals surface area contributed by atoms with E-state index in [9.17, 15) is 4.79 Å². The van der Waals surface area contributed by atoms with Gasteiger partial charge >= 0.3 is 0 Å². The maximum atomic E-state index is 12.8. The Morgan fingerprint density at radius 2 is 1.79 bits per heavy atom. The standard InChI is InChI=1S/C19H18BrN3O/c20-15-6-8-16(9-7-15)23-19(24)17-13-22(11-10-18(17)21-23)12-14-4-2-1-3-5-14/h1-9,21H,10-13H2. The van der Waals surface area contributed by atoms with Crippen LogP contribution in [0.4, 0.5) is 0 Å². The van der Waals surface area contributed by atoms with Gasteiger partial charge in [0.15, 0.2) is 0 Å². The molecule has 2 heterocycles. The van der Waals surface area contributed by atoms with Crippen LogP contribution in [0.2, 0.25) is 0 Å². The van der Waals surface area contributed by atoms with Crippen LogP contribution >= 0.6 is 15.9 Å². The Bertz CT molecular complexity index is 897. The highest BCUT2D eigenvalue weighted by molar-refractivity contribution is 9.10. The average molecular weight is 384 g/mol. The number of nitrogens with one attached hydrogen (secondary N) is 1. The Kier molecular flexibility index (Phi) is 4.12. The highest BCUT2D eigenvalue weighted by Gasteiger charge is 2.23. The van der Waals surface area contributed by atoms with Crippen molar-refractivity contribution < 1.29 is 0 Å². The summed E-state index contributed by atoms with van der Waals surface area (Å²) in [6.07, 6.45) is 0.876. The first-order valence-electron chi connectivity index (χ1n) is 8.06. The molecule has 0 unspecified atom stereocenters. The van der Waals surface area contributed by atoms with Crippen LogP contribution in [0.1, 0.15) is 16.8 Å². The van der Waals surface area contributed by atoms with E-state index in [2.05, 4.69) is 50.2 Å². The fraction of sp³-hybridized carbons (Fsp3) is 0.211. The first-order chi connectivity index (χ1) is 11.7. The summed E-state index contributed by atoms with van der Waals surface area (Å²) in [5, 5.41) is 3.28. The normalized spacial score (nSPS) is 14.5. The van der Waals surface area contributed by atoms with E-state index < -0.39 is 0 Å². The first kappa shape index (κ1) is 15.4. The zero-order valence-electron chi connectivity index (χ0n) is 13.2. The van der Waals surface area contributed by atoms with Crippen LogP contribution in [0, 0.1) is 0 Å². The van der Waals surface area contributed by atoms with Crippen LogP contribution < -0.4 is 5.56 Å². The maximum Gasteiger partial charge on any atom is 0.275 e. The van der Waals surface area contributed by atoms with Gasteiger partial charge in [0.05, 0.1) is 11.3 Å². The highest BCUT2D eigenvalue weighted by Crippen LogP contribution is 2.19. The van der Waals surface area contributed by atoms with Gasteiger partial charge in [0, 0.05) is 36.2 Å². The molecule has 0 bridgehead atoms. The second kappa shape index (κ2) is 6.42. The fourth-order valence-electron chi connectivity index (χ4n) is 3.21. The summed E-state index contributed by atoms with van der Waals surface area (Å²) in [5.41, 5.74) is 4.16. The topological polar surface area (TPSA) is 41.0 Å². The van der Waals surface area contributed by atoms with Gasteiger partial charge in [0.1, 0.15) is 0 Å². The summed E-state index contributed by atoms with van der Waals surface area (Å²) in [4.78, 5) is 15.1. The average Bonchev–Trinajstić information content (AvgIpc) is 2.93. The molecule has 1 aliphatic heterocycles. The minimum atomic E-state index is 0.0603. The summed E-state index contributed by atoms with van der Waals surface area (Å²) >= 11 is 3.43. The van der Waals surface area contributed by atoms with Crippen LogP contribution in [0.3, 0.4) is 0 Å². The van der Waals surface area contributed by atoms with Crippen molar-refractivity contribution >= 4 is 15.9 Å². The number of H-pyrrole nitrogens is 1. The van der Waals surface area contributed by atoms with Crippen LogP contribution in [-0.2, 0) is 19.5 Å². The Balaban J connectivity index is 1.60. The first-order valence-corrected chi connectivity index (χ1v) is 8.85. The van der Waals surface area contributed by atoms with Crippen LogP contribution in [0.5, 0.6) is 0 Å². The summed E-state index contributed by atoms with van der Waals surface area (Å²) in [5.74, 6) is 0. The Hall–Kier alpha value is -2.11. The van der Waals surface area contributed by atoms with Crippen molar-refractivity contribution in [2.75, 3.05) is 6.54 Å². The van der Waals surface area contributed by atoms with Crippen molar-refractivity contribution in [3.05, 3.63) is 86.2 Å². The van der Waals surface area contributed by atoms with Gasteiger partial charge in [-0.1, -0.05) is 46.3 Å². The third-order valence-electron chi connectivity index (χ3n) is 4.47. The van der Waals surface area contributed by atoms with E-state index in [-0.39, 0.29) is 5.56 Å². The van der Waals surface area contributed by atoms with Crippen molar-refractivity contribution in [2.45, 2.75) is 19.5 Å². The maximum absolute atomic E-state index is 12.8. The van der Waals surface area contributed by atoms with Gasteiger partial charge in [-0.05, 0) is 29.8 Å². The van der Waals surface area contributed by atoms with E-state index >= 15 is 0 Å². The van der Waals surface area contributed by atoms with Gasteiger partial charge in [-0.25, -0.2) is 4.68 Å².